The second kappa shape index (κ2) is 6.25. The predicted molar refractivity (Wildman–Crippen MR) is 50.2 cm³/mol. The van der Waals surface area contributed by atoms with Crippen molar-refractivity contribution in [3.8, 4) is 0 Å². The number of hydrogen-bond donors (Lipinski definition) is 3. The Labute approximate surface area is 84.7 Å². The molecule has 1 amide bonds. The van der Waals surface area contributed by atoms with Gasteiger partial charge in [0.1, 0.15) is 6.04 Å². The quantitative estimate of drug-likeness (QED) is 0.553. The number of rotatable bonds is 6. The average Bonchev–Trinajstić information content (AvgIpc) is 2.02. The van der Waals surface area contributed by atoms with Crippen LogP contribution in [0.15, 0.2) is 0 Å². The smallest absolute Gasteiger partial charge is 0.326 e. The summed E-state index contributed by atoms with van der Waals surface area (Å²) in [5.74, 6) is -2.97. The molecule has 0 rings (SSSR count). The van der Waals surface area contributed by atoms with E-state index in [-0.39, 0.29) is 5.75 Å². The van der Waals surface area contributed by atoms with Crippen LogP contribution in [-0.2, 0) is 14.4 Å². The molecule has 0 saturated carbocycles. The van der Waals surface area contributed by atoms with E-state index in [1.807, 2.05) is 0 Å². The van der Waals surface area contributed by atoms with Gasteiger partial charge in [-0.2, -0.15) is 11.8 Å². The maximum atomic E-state index is 11.0. The van der Waals surface area contributed by atoms with Gasteiger partial charge < -0.3 is 15.5 Å². The first kappa shape index (κ1) is 12.8. The van der Waals surface area contributed by atoms with E-state index >= 15 is 0 Å². The third-order valence-electron chi connectivity index (χ3n) is 1.29. The lowest BCUT2D eigenvalue weighted by Crippen LogP contribution is -2.42. The van der Waals surface area contributed by atoms with Gasteiger partial charge in [0.2, 0.25) is 5.91 Å². The van der Waals surface area contributed by atoms with Crippen LogP contribution >= 0.6 is 11.8 Å². The molecule has 0 aliphatic carbocycles. The van der Waals surface area contributed by atoms with Crippen LogP contribution in [0.4, 0.5) is 0 Å². The SMILES string of the molecule is CSCC(=O)N[C@H](CC(=O)O)C(=O)O. The molecule has 0 aliphatic heterocycles. The first-order valence-electron chi connectivity index (χ1n) is 3.70. The lowest BCUT2D eigenvalue weighted by molar-refractivity contribution is -0.147. The number of carbonyl (C=O) groups excluding carboxylic acids is 1. The van der Waals surface area contributed by atoms with Gasteiger partial charge in [-0.25, -0.2) is 4.79 Å². The Hall–Kier alpha value is -1.24. The highest BCUT2D eigenvalue weighted by Crippen LogP contribution is 1.95. The van der Waals surface area contributed by atoms with Gasteiger partial charge in [-0.15, -0.1) is 0 Å². The third-order valence-corrected chi connectivity index (χ3v) is 1.84. The van der Waals surface area contributed by atoms with Crippen molar-refractivity contribution in [3.05, 3.63) is 0 Å². The molecular formula is C7H11NO5S. The van der Waals surface area contributed by atoms with Gasteiger partial charge in [-0.05, 0) is 6.26 Å². The van der Waals surface area contributed by atoms with Gasteiger partial charge in [0.25, 0.3) is 0 Å². The van der Waals surface area contributed by atoms with Crippen LogP contribution < -0.4 is 5.32 Å². The van der Waals surface area contributed by atoms with Gasteiger partial charge >= 0.3 is 11.9 Å². The van der Waals surface area contributed by atoms with Crippen molar-refractivity contribution < 1.29 is 24.6 Å². The van der Waals surface area contributed by atoms with Gasteiger partial charge in [0, 0.05) is 0 Å². The summed E-state index contributed by atoms with van der Waals surface area (Å²) < 4.78 is 0. The van der Waals surface area contributed by atoms with Crippen molar-refractivity contribution in [3.63, 3.8) is 0 Å². The lowest BCUT2D eigenvalue weighted by Gasteiger charge is -2.11. The minimum absolute atomic E-state index is 0.114. The van der Waals surface area contributed by atoms with Crippen molar-refractivity contribution in [1.82, 2.24) is 5.32 Å². The second-order valence-electron chi connectivity index (χ2n) is 2.49. The topological polar surface area (TPSA) is 104 Å². The van der Waals surface area contributed by atoms with Crippen molar-refractivity contribution >= 4 is 29.6 Å². The number of carbonyl (C=O) groups is 3. The summed E-state index contributed by atoms with van der Waals surface area (Å²) in [7, 11) is 0. The molecule has 1 atom stereocenters. The second-order valence-corrected chi connectivity index (χ2v) is 3.36. The van der Waals surface area contributed by atoms with Crippen LogP contribution in [-0.4, -0.2) is 46.1 Å². The van der Waals surface area contributed by atoms with E-state index in [2.05, 4.69) is 5.32 Å². The number of amides is 1. The van der Waals surface area contributed by atoms with Crippen LogP contribution in [0.5, 0.6) is 0 Å². The van der Waals surface area contributed by atoms with Crippen LogP contribution in [0.25, 0.3) is 0 Å². The highest BCUT2D eigenvalue weighted by atomic mass is 32.2. The lowest BCUT2D eigenvalue weighted by atomic mass is 10.2. The molecular weight excluding hydrogens is 210 g/mol. The Balaban J connectivity index is 4.16. The number of carboxylic acid groups (broad SMARTS) is 2. The van der Waals surface area contributed by atoms with Gasteiger partial charge in [0.15, 0.2) is 0 Å². The van der Waals surface area contributed by atoms with Crippen molar-refractivity contribution in [2.45, 2.75) is 12.5 Å². The summed E-state index contributed by atoms with van der Waals surface area (Å²) >= 11 is 1.23. The third kappa shape index (κ3) is 5.41. The van der Waals surface area contributed by atoms with Crippen LogP contribution in [0.3, 0.4) is 0 Å². The fourth-order valence-corrected chi connectivity index (χ4v) is 1.09. The minimum atomic E-state index is -1.35. The maximum absolute atomic E-state index is 11.0. The monoisotopic (exact) mass is 221 g/mol. The van der Waals surface area contributed by atoms with Crippen LogP contribution in [0, 0.1) is 0 Å². The van der Waals surface area contributed by atoms with Gasteiger partial charge in [0.05, 0.1) is 12.2 Å². The summed E-state index contributed by atoms with van der Waals surface area (Å²) in [6.07, 6.45) is 1.07. The molecule has 0 fully saturated rings. The molecule has 0 aromatic rings. The number of carboxylic acids is 2. The number of hydrogen-bond acceptors (Lipinski definition) is 4. The maximum Gasteiger partial charge on any atom is 0.326 e. The molecule has 0 radical (unpaired) electrons. The predicted octanol–water partition coefficient (Wildman–Crippen LogP) is -0.606. The summed E-state index contributed by atoms with van der Waals surface area (Å²) in [6, 6.07) is -1.35. The molecule has 3 N–H and O–H groups in total. The molecule has 0 aromatic carbocycles. The fourth-order valence-electron chi connectivity index (χ4n) is 0.742. The van der Waals surface area contributed by atoms with Gasteiger partial charge in [-0.1, -0.05) is 0 Å². The van der Waals surface area contributed by atoms with Crippen molar-refractivity contribution in [2.24, 2.45) is 0 Å². The number of aliphatic carboxylic acids is 2. The summed E-state index contributed by atoms with van der Waals surface area (Å²) in [5, 5.41) is 19.0. The van der Waals surface area contributed by atoms with E-state index in [0.717, 1.165) is 0 Å². The molecule has 0 spiro atoms. The Bertz CT molecular complexity index is 242. The highest BCUT2D eigenvalue weighted by Gasteiger charge is 2.22. The molecule has 0 saturated heterocycles. The van der Waals surface area contributed by atoms with E-state index in [1.54, 1.807) is 6.26 Å². The molecule has 14 heavy (non-hydrogen) atoms. The zero-order valence-corrected chi connectivity index (χ0v) is 8.34. The molecule has 0 unspecified atom stereocenters. The molecule has 80 valence electrons. The largest absolute Gasteiger partial charge is 0.481 e. The first-order valence-corrected chi connectivity index (χ1v) is 5.09. The standard InChI is InChI=1S/C7H11NO5S/c1-14-3-5(9)8-4(7(12)13)2-6(10)11/h4H,2-3H2,1H3,(H,8,9)(H,10,11)(H,12,13)/t4-/m1/s1. The normalized spacial score (nSPS) is 11.8. The average molecular weight is 221 g/mol. The van der Waals surface area contributed by atoms with Crippen LogP contribution in [0.1, 0.15) is 6.42 Å². The zero-order chi connectivity index (χ0) is 11.1. The highest BCUT2D eigenvalue weighted by molar-refractivity contribution is 7.99. The van der Waals surface area contributed by atoms with E-state index in [0.29, 0.717) is 0 Å². The number of nitrogens with one attached hydrogen (secondary N) is 1. The molecule has 0 aromatic heterocycles. The first-order chi connectivity index (χ1) is 6.47. The zero-order valence-electron chi connectivity index (χ0n) is 7.52. The molecule has 0 aliphatic rings. The van der Waals surface area contributed by atoms with Gasteiger partial charge in [-0.3, -0.25) is 9.59 Å². The van der Waals surface area contributed by atoms with E-state index < -0.39 is 30.3 Å². The van der Waals surface area contributed by atoms with Crippen LogP contribution in [0.2, 0.25) is 0 Å². The molecule has 7 heteroatoms. The van der Waals surface area contributed by atoms with Crippen molar-refractivity contribution in [1.29, 1.82) is 0 Å². The summed E-state index contributed by atoms with van der Waals surface area (Å²) in [4.78, 5) is 31.7. The summed E-state index contributed by atoms with van der Waals surface area (Å²) in [6.45, 7) is 0. The Morgan fingerprint density at radius 1 is 1.36 bits per heavy atom. The Morgan fingerprint density at radius 3 is 2.29 bits per heavy atom. The van der Waals surface area contributed by atoms with Crippen molar-refractivity contribution in [2.75, 3.05) is 12.0 Å². The Morgan fingerprint density at radius 2 is 1.93 bits per heavy atom. The summed E-state index contributed by atoms with van der Waals surface area (Å²) in [5.41, 5.74) is 0. The molecule has 0 bridgehead atoms. The fraction of sp³-hybridized carbons (Fsp3) is 0.571. The van der Waals surface area contributed by atoms with E-state index in [4.69, 9.17) is 10.2 Å². The van der Waals surface area contributed by atoms with E-state index in [1.165, 1.54) is 11.8 Å². The number of thioether (sulfide) groups is 1. The van der Waals surface area contributed by atoms with E-state index in [9.17, 15) is 14.4 Å². The molecule has 0 heterocycles. The minimum Gasteiger partial charge on any atom is -0.481 e. The molecule has 6 nitrogen and oxygen atoms in total. The Kier molecular flexibility index (Phi) is 5.70.